The summed E-state index contributed by atoms with van der Waals surface area (Å²) in [6.45, 7) is 0. The van der Waals surface area contributed by atoms with E-state index >= 15 is 0 Å². The van der Waals surface area contributed by atoms with Crippen molar-refractivity contribution in [2.24, 2.45) is 11.5 Å². The Kier molecular flexibility index (Phi) is 2.83. The summed E-state index contributed by atoms with van der Waals surface area (Å²) in [6.07, 6.45) is 0.304. The molecular formula is C4H8N2O3. The van der Waals surface area contributed by atoms with Crippen LogP contribution in [-0.2, 0) is 9.59 Å². The first-order valence-corrected chi connectivity index (χ1v) is 2.29. The van der Waals surface area contributed by atoms with Crippen LogP contribution in [0.5, 0.6) is 0 Å². The quantitative estimate of drug-likeness (QED) is 0.382. The molecule has 5 nitrogen and oxygen atoms in total. The highest BCUT2D eigenvalue weighted by atomic mass is 16.4. The second-order valence-corrected chi connectivity index (χ2v) is 1.58. The van der Waals surface area contributed by atoms with Crippen LogP contribution < -0.4 is 11.5 Å². The van der Waals surface area contributed by atoms with Gasteiger partial charge in [0.05, 0.1) is 6.04 Å². The van der Waals surface area contributed by atoms with Gasteiger partial charge in [-0.1, -0.05) is 0 Å². The summed E-state index contributed by atoms with van der Waals surface area (Å²) in [7, 11) is 0. The van der Waals surface area contributed by atoms with Crippen molar-refractivity contribution in [3.05, 3.63) is 0 Å². The van der Waals surface area contributed by atoms with Crippen molar-refractivity contribution in [1.29, 1.82) is 0 Å². The van der Waals surface area contributed by atoms with Crippen LogP contribution in [0.3, 0.4) is 0 Å². The number of hydrogen-bond donors (Lipinski definition) is 3. The van der Waals surface area contributed by atoms with Crippen molar-refractivity contribution in [3.63, 3.8) is 0 Å². The maximum absolute atomic E-state index is 9.94. The third kappa shape index (κ3) is 2.20. The van der Waals surface area contributed by atoms with E-state index < -0.39 is 18.1 Å². The molecule has 0 aromatic heterocycles. The number of carboxylic acids is 1. The van der Waals surface area contributed by atoms with Crippen LogP contribution in [0.4, 0.5) is 0 Å². The highest BCUT2D eigenvalue weighted by Gasteiger charge is 2.18. The summed E-state index contributed by atoms with van der Waals surface area (Å²) in [6, 6.07) is -2.40. The van der Waals surface area contributed by atoms with Gasteiger partial charge in [-0.25, -0.2) is 0 Å². The van der Waals surface area contributed by atoms with Crippen molar-refractivity contribution in [2.45, 2.75) is 12.1 Å². The molecule has 0 aliphatic carbocycles. The molecule has 0 amide bonds. The van der Waals surface area contributed by atoms with Gasteiger partial charge in [-0.3, -0.25) is 4.79 Å². The van der Waals surface area contributed by atoms with E-state index in [-0.39, 0.29) is 0 Å². The van der Waals surface area contributed by atoms with Crippen LogP contribution in [0.25, 0.3) is 0 Å². The Labute approximate surface area is 51.6 Å². The van der Waals surface area contributed by atoms with E-state index in [9.17, 15) is 9.59 Å². The van der Waals surface area contributed by atoms with Gasteiger partial charge in [0.15, 0.2) is 0 Å². The predicted octanol–water partition coefficient (Wildman–Crippen LogP) is -2.08. The van der Waals surface area contributed by atoms with Crippen LogP contribution in [0.2, 0.25) is 0 Å². The highest BCUT2D eigenvalue weighted by Crippen LogP contribution is 1.80. The minimum absolute atomic E-state index is 0.304. The molecule has 2 unspecified atom stereocenters. The number of nitrogens with two attached hydrogens (primary N) is 2. The fourth-order valence-corrected chi connectivity index (χ4v) is 0.249. The molecule has 0 aliphatic rings. The Hall–Kier alpha value is -0.940. The largest absolute Gasteiger partial charge is 0.480 e. The van der Waals surface area contributed by atoms with Gasteiger partial charge in [-0.2, -0.15) is 0 Å². The molecule has 2 atom stereocenters. The maximum Gasteiger partial charge on any atom is 0.322 e. The number of carbonyl (C=O) groups is 2. The minimum atomic E-state index is -1.29. The van der Waals surface area contributed by atoms with E-state index in [0.717, 1.165) is 0 Å². The van der Waals surface area contributed by atoms with Gasteiger partial charge in [-0.05, 0) is 0 Å². The van der Waals surface area contributed by atoms with Crippen LogP contribution in [-0.4, -0.2) is 29.4 Å². The van der Waals surface area contributed by atoms with Gasteiger partial charge in [-0.15, -0.1) is 0 Å². The zero-order valence-electron chi connectivity index (χ0n) is 4.65. The Morgan fingerprint density at radius 1 is 1.56 bits per heavy atom. The molecule has 0 fully saturated rings. The van der Waals surface area contributed by atoms with Crippen LogP contribution in [0.1, 0.15) is 0 Å². The zero-order valence-corrected chi connectivity index (χ0v) is 4.65. The summed E-state index contributed by atoms with van der Waals surface area (Å²) < 4.78 is 0. The Morgan fingerprint density at radius 2 is 2.00 bits per heavy atom. The monoisotopic (exact) mass is 132 g/mol. The van der Waals surface area contributed by atoms with Crippen molar-refractivity contribution in [3.8, 4) is 0 Å². The summed E-state index contributed by atoms with van der Waals surface area (Å²) in [4.78, 5) is 19.7. The Balaban J connectivity index is 3.86. The number of hydrogen-bond acceptors (Lipinski definition) is 4. The highest BCUT2D eigenvalue weighted by molar-refractivity contribution is 5.79. The topological polar surface area (TPSA) is 106 Å². The smallest absolute Gasteiger partial charge is 0.322 e. The van der Waals surface area contributed by atoms with E-state index in [1.165, 1.54) is 0 Å². The molecule has 0 radical (unpaired) electrons. The lowest BCUT2D eigenvalue weighted by Crippen LogP contribution is -2.47. The van der Waals surface area contributed by atoms with Crippen LogP contribution in [0, 0.1) is 0 Å². The lowest BCUT2D eigenvalue weighted by atomic mass is 10.2. The molecule has 0 bridgehead atoms. The lowest BCUT2D eigenvalue weighted by molar-refractivity contribution is -0.139. The second kappa shape index (κ2) is 3.16. The average Bonchev–Trinajstić information content (AvgIpc) is 1.84. The molecule has 5 N–H and O–H groups in total. The summed E-state index contributed by atoms with van der Waals surface area (Å²) in [5.41, 5.74) is 9.86. The first kappa shape index (κ1) is 8.06. The van der Waals surface area contributed by atoms with Crippen molar-refractivity contribution < 1.29 is 14.7 Å². The van der Waals surface area contributed by atoms with E-state index in [2.05, 4.69) is 0 Å². The second-order valence-electron chi connectivity index (χ2n) is 1.58. The SMILES string of the molecule is NC(C=O)C(N)C(=O)O. The van der Waals surface area contributed by atoms with Gasteiger partial charge < -0.3 is 21.4 Å². The molecule has 0 saturated heterocycles. The number of aliphatic carboxylic acids is 1. The van der Waals surface area contributed by atoms with E-state index in [4.69, 9.17) is 16.6 Å². The number of carboxylic acid groups (broad SMARTS) is 1. The standard InChI is InChI=1S/C4H8N2O3/c5-2(1-7)3(6)4(8)9/h1-3H,5-6H2,(H,8,9). The Bertz CT molecular complexity index is 125. The van der Waals surface area contributed by atoms with E-state index in [0.29, 0.717) is 6.29 Å². The Morgan fingerprint density at radius 3 is 2.11 bits per heavy atom. The third-order valence-electron chi connectivity index (χ3n) is 0.857. The van der Waals surface area contributed by atoms with Gasteiger partial charge in [0.2, 0.25) is 0 Å². The van der Waals surface area contributed by atoms with Gasteiger partial charge in [0.1, 0.15) is 12.3 Å². The zero-order chi connectivity index (χ0) is 7.44. The maximum atomic E-state index is 9.94. The normalized spacial score (nSPS) is 16.2. The van der Waals surface area contributed by atoms with Crippen molar-refractivity contribution in [2.75, 3.05) is 0 Å². The van der Waals surface area contributed by atoms with Gasteiger partial charge in [0.25, 0.3) is 0 Å². The molecular weight excluding hydrogens is 124 g/mol. The van der Waals surface area contributed by atoms with E-state index in [1.54, 1.807) is 0 Å². The molecule has 9 heavy (non-hydrogen) atoms. The van der Waals surface area contributed by atoms with E-state index in [1.807, 2.05) is 0 Å². The molecule has 0 spiro atoms. The number of rotatable bonds is 3. The fraction of sp³-hybridized carbons (Fsp3) is 0.500. The van der Waals surface area contributed by atoms with Crippen LogP contribution >= 0.6 is 0 Å². The number of aldehydes is 1. The first-order valence-electron chi connectivity index (χ1n) is 2.29. The molecule has 5 heteroatoms. The average molecular weight is 132 g/mol. The molecule has 0 aromatic rings. The lowest BCUT2D eigenvalue weighted by Gasteiger charge is -2.06. The van der Waals surface area contributed by atoms with Crippen molar-refractivity contribution in [1.82, 2.24) is 0 Å². The molecule has 0 aliphatic heterocycles. The summed E-state index contributed by atoms with van der Waals surface area (Å²) in [5, 5.41) is 8.12. The molecule has 0 saturated carbocycles. The van der Waals surface area contributed by atoms with Gasteiger partial charge in [0, 0.05) is 0 Å². The fourth-order valence-electron chi connectivity index (χ4n) is 0.249. The first-order chi connectivity index (χ1) is 4.09. The van der Waals surface area contributed by atoms with Gasteiger partial charge >= 0.3 is 5.97 Å². The predicted molar refractivity (Wildman–Crippen MR) is 29.7 cm³/mol. The number of carbonyl (C=O) groups excluding carboxylic acids is 1. The molecule has 0 heterocycles. The van der Waals surface area contributed by atoms with Crippen molar-refractivity contribution >= 4 is 12.3 Å². The molecule has 52 valence electrons. The molecule has 0 rings (SSSR count). The summed E-state index contributed by atoms with van der Waals surface area (Å²) in [5.74, 6) is -1.27. The van der Waals surface area contributed by atoms with Crippen LogP contribution in [0.15, 0.2) is 0 Å². The molecule has 0 aromatic carbocycles. The minimum Gasteiger partial charge on any atom is -0.480 e. The summed E-state index contributed by atoms with van der Waals surface area (Å²) >= 11 is 0. The third-order valence-corrected chi connectivity index (χ3v) is 0.857.